The minimum Gasteiger partial charge on any atom is -0.325 e. The second-order valence-corrected chi connectivity index (χ2v) is 5.78. The molecule has 0 saturated heterocycles. The first kappa shape index (κ1) is 15.2. The third kappa shape index (κ3) is 3.88. The summed E-state index contributed by atoms with van der Waals surface area (Å²) < 4.78 is 1.50. The number of Topliss-reactive ketones (excluding diaryl/α,β-unsaturated/α-hetero) is 1. The number of nitrogens with zero attached hydrogens (tertiary/aromatic N) is 4. The number of nitrogens with one attached hydrogen (secondary N) is 1. The molecule has 0 aliphatic carbocycles. The molecule has 1 amide bonds. The zero-order valence-electron chi connectivity index (χ0n) is 11.9. The summed E-state index contributed by atoms with van der Waals surface area (Å²) >= 11 is 1.26. The topological polar surface area (TPSA) is 89.8 Å². The van der Waals surface area contributed by atoms with Gasteiger partial charge in [-0.15, -0.1) is 5.10 Å². The molecule has 0 aliphatic heterocycles. The number of hydrogen-bond donors (Lipinski definition) is 1. The predicted molar refractivity (Wildman–Crippen MR) is 79.2 cm³/mol. The molecule has 0 unspecified atom stereocenters. The molecule has 110 valence electrons. The Kier molecular flexibility index (Phi) is 4.69. The van der Waals surface area contributed by atoms with Gasteiger partial charge in [-0.2, -0.15) is 0 Å². The highest BCUT2D eigenvalue weighted by molar-refractivity contribution is 8.00. The molecule has 21 heavy (non-hydrogen) atoms. The molecule has 1 atom stereocenters. The Labute approximate surface area is 126 Å². The third-order valence-electron chi connectivity index (χ3n) is 2.77. The fourth-order valence-electron chi connectivity index (χ4n) is 1.59. The van der Waals surface area contributed by atoms with Crippen LogP contribution in [0.3, 0.4) is 0 Å². The van der Waals surface area contributed by atoms with E-state index >= 15 is 0 Å². The first-order chi connectivity index (χ1) is 9.97. The van der Waals surface area contributed by atoms with Gasteiger partial charge >= 0.3 is 0 Å². The fraction of sp³-hybridized carbons (Fsp3) is 0.308. The van der Waals surface area contributed by atoms with Crippen molar-refractivity contribution in [2.75, 3.05) is 5.32 Å². The van der Waals surface area contributed by atoms with Crippen LogP contribution in [0.25, 0.3) is 0 Å². The van der Waals surface area contributed by atoms with E-state index in [1.165, 1.54) is 23.4 Å². The molecule has 0 bridgehead atoms. The monoisotopic (exact) mass is 305 g/mol. The molecule has 7 nitrogen and oxygen atoms in total. The predicted octanol–water partition coefficient (Wildman–Crippen LogP) is 1.53. The average Bonchev–Trinajstić information content (AvgIpc) is 2.84. The molecule has 1 heterocycles. The van der Waals surface area contributed by atoms with Crippen molar-refractivity contribution in [1.29, 1.82) is 0 Å². The Morgan fingerprint density at radius 3 is 2.76 bits per heavy atom. The third-order valence-corrected chi connectivity index (χ3v) is 3.89. The number of aromatic nitrogens is 4. The van der Waals surface area contributed by atoms with Gasteiger partial charge in [0.1, 0.15) is 0 Å². The van der Waals surface area contributed by atoms with Crippen LogP contribution in [0.5, 0.6) is 0 Å². The van der Waals surface area contributed by atoms with E-state index in [1.54, 1.807) is 38.2 Å². The quantitative estimate of drug-likeness (QED) is 0.665. The van der Waals surface area contributed by atoms with E-state index in [2.05, 4.69) is 20.8 Å². The van der Waals surface area contributed by atoms with Gasteiger partial charge in [-0.05, 0) is 36.4 Å². The summed E-state index contributed by atoms with van der Waals surface area (Å²) in [6.07, 6.45) is 0. The lowest BCUT2D eigenvalue weighted by Crippen LogP contribution is -2.23. The summed E-state index contributed by atoms with van der Waals surface area (Å²) in [4.78, 5) is 23.5. The number of tetrazole rings is 1. The number of hydrogen-bond acceptors (Lipinski definition) is 6. The Balaban J connectivity index is 2.02. The zero-order valence-corrected chi connectivity index (χ0v) is 12.7. The maximum absolute atomic E-state index is 12.1. The molecular weight excluding hydrogens is 290 g/mol. The van der Waals surface area contributed by atoms with Crippen LogP contribution in [0.15, 0.2) is 29.4 Å². The van der Waals surface area contributed by atoms with E-state index in [0.717, 1.165) is 0 Å². The number of amides is 1. The Bertz CT molecular complexity index is 670. The second kappa shape index (κ2) is 6.49. The van der Waals surface area contributed by atoms with E-state index in [-0.39, 0.29) is 16.9 Å². The highest BCUT2D eigenvalue weighted by Gasteiger charge is 2.18. The number of rotatable bonds is 5. The van der Waals surface area contributed by atoms with Crippen LogP contribution in [0.1, 0.15) is 24.2 Å². The lowest BCUT2D eigenvalue weighted by Gasteiger charge is -2.11. The maximum Gasteiger partial charge on any atom is 0.237 e. The normalized spacial score (nSPS) is 12.0. The van der Waals surface area contributed by atoms with Crippen LogP contribution >= 0.6 is 11.8 Å². The van der Waals surface area contributed by atoms with Crippen molar-refractivity contribution < 1.29 is 9.59 Å². The first-order valence-corrected chi connectivity index (χ1v) is 7.16. The van der Waals surface area contributed by atoms with Gasteiger partial charge in [-0.25, -0.2) is 4.68 Å². The molecule has 0 spiro atoms. The van der Waals surface area contributed by atoms with Crippen LogP contribution in [0.4, 0.5) is 5.69 Å². The molecular formula is C13H15N5O2S. The lowest BCUT2D eigenvalue weighted by atomic mass is 10.1. The minimum atomic E-state index is -0.365. The van der Waals surface area contributed by atoms with E-state index in [9.17, 15) is 9.59 Å². The summed E-state index contributed by atoms with van der Waals surface area (Å²) in [5, 5.41) is 14.0. The summed E-state index contributed by atoms with van der Waals surface area (Å²) in [6.45, 7) is 3.25. The summed E-state index contributed by atoms with van der Waals surface area (Å²) in [5.41, 5.74) is 1.15. The number of ketones is 1. The zero-order chi connectivity index (χ0) is 15.4. The van der Waals surface area contributed by atoms with Crippen molar-refractivity contribution in [3.05, 3.63) is 29.8 Å². The van der Waals surface area contributed by atoms with Crippen LogP contribution in [-0.4, -0.2) is 37.1 Å². The van der Waals surface area contributed by atoms with E-state index in [4.69, 9.17) is 0 Å². The molecule has 1 aromatic heterocycles. The molecule has 2 rings (SSSR count). The molecule has 1 N–H and O–H groups in total. The first-order valence-electron chi connectivity index (χ1n) is 6.28. The van der Waals surface area contributed by atoms with Crippen LogP contribution < -0.4 is 5.32 Å². The Morgan fingerprint density at radius 2 is 2.14 bits per heavy atom. The maximum atomic E-state index is 12.1. The largest absolute Gasteiger partial charge is 0.325 e. The second-order valence-electron chi connectivity index (χ2n) is 4.47. The highest BCUT2D eigenvalue weighted by atomic mass is 32.2. The molecule has 1 aromatic carbocycles. The van der Waals surface area contributed by atoms with Gasteiger partial charge in [0.25, 0.3) is 0 Å². The van der Waals surface area contributed by atoms with Crippen molar-refractivity contribution in [3.8, 4) is 0 Å². The fourth-order valence-corrected chi connectivity index (χ4v) is 2.35. The summed E-state index contributed by atoms with van der Waals surface area (Å²) in [6, 6.07) is 6.84. The van der Waals surface area contributed by atoms with Gasteiger partial charge in [0.05, 0.1) is 5.25 Å². The number of anilines is 1. The molecule has 0 aliphatic rings. The van der Waals surface area contributed by atoms with Crippen molar-refractivity contribution in [2.45, 2.75) is 24.3 Å². The summed E-state index contributed by atoms with van der Waals surface area (Å²) in [7, 11) is 1.71. The SMILES string of the molecule is CC(=O)c1cccc(NC(=O)[C@H](C)Sc2nnnn2C)c1. The van der Waals surface area contributed by atoms with Gasteiger partial charge in [0.2, 0.25) is 11.1 Å². The Morgan fingerprint density at radius 1 is 1.38 bits per heavy atom. The lowest BCUT2D eigenvalue weighted by molar-refractivity contribution is -0.115. The van der Waals surface area contributed by atoms with Crippen molar-refractivity contribution in [1.82, 2.24) is 20.2 Å². The van der Waals surface area contributed by atoms with Gasteiger partial charge in [0, 0.05) is 18.3 Å². The number of carbonyl (C=O) groups excluding carboxylic acids is 2. The number of thioether (sulfide) groups is 1. The van der Waals surface area contributed by atoms with E-state index in [0.29, 0.717) is 16.4 Å². The Hall–Kier alpha value is -2.22. The molecule has 0 fully saturated rings. The molecule has 2 aromatic rings. The van der Waals surface area contributed by atoms with Crippen molar-refractivity contribution in [2.24, 2.45) is 7.05 Å². The summed E-state index contributed by atoms with van der Waals surface area (Å²) in [5.74, 6) is -0.220. The van der Waals surface area contributed by atoms with E-state index in [1.807, 2.05) is 0 Å². The van der Waals surface area contributed by atoms with Gasteiger partial charge in [0.15, 0.2) is 5.78 Å². The van der Waals surface area contributed by atoms with Crippen molar-refractivity contribution >= 4 is 29.1 Å². The molecule has 0 radical (unpaired) electrons. The number of aryl methyl sites for hydroxylation is 1. The highest BCUT2D eigenvalue weighted by Crippen LogP contribution is 2.21. The van der Waals surface area contributed by atoms with Gasteiger partial charge < -0.3 is 5.32 Å². The number of benzene rings is 1. The van der Waals surface area contributed by atoms with Gasteiger partial charge in [-0.3, -0.25) is 9.59 Å². The molecule has 8 heteroatoms. The van der Waals surface area contributed by atoms with Gasteiger partial charge in [-0.1, -0.05) is 23.9 Å². The minimum absolute atomic E-state index is 0.0429. The van der Waals surface area contributed by atoms with Crippen LogP contribution in [0, 0.1) is 0 Å². The van der Waals surface area contributed by atoms with E-state index < -0.39 is 0 Å². The average molecular weight is 305 g/mol. The number of carbonyl (C=O) groups is 2. The smallest absolute Gasteiger partial charge is 0.237 e. The van der Waals surface area contributed by atoms with Crippen LogP contribution in [0.2, 0.25) is 0 Å². The van der Waals surface area contributed by atoms with Crippen LogP contribution in [-0.2, 0) is 11.8 Å². The molecule has 0 saturated carbocycles. The standard InChI is InChI=1S/C13H15N5O2S/c1-8(19)10-5-4-6-11(7-10)14-12(20)9(2)21-13-15-16-17-18(13)3/h4-7,9H,1-3H3,(H,14,20)/t9-/m0/s1. The van der Waals surface area contributed by atoms with Crippen molar-refractivity contribution in [3.63, 3.8) is 0 Å².